The lowest BCUT2D eigenvalue weighted by atomic mass is 9.95. The molecule has 0 amide bonds. The van der Waals surface area contributed by atoms with E-state index < -0.39 is 0 Å². The van der Waals surface area contributed by atoms with E-state index in [9.17, 15) is 0 Å². The molecule has 0 spiro atoms. The average molecular weight is 268 g/mol. The normalized spacial score (nSPS) is 10.8. The molecular weight excluding hydrogens is 255 g/mol. The van der Waals surface area contributed by atoms with Crippen molar-refractivity contribution in [1.29, 1.82) is 0 Å². The predicted octanol–water partition coefficient (Wildman–Crippen LogP) is 1.47. The zero-order valence-corrected chi connectivity index (χ0v) is 11.9. The number of hydrogen-bond acceptors (Lipinski definition) is 4. The van der Waals surface area contributed by atoms with Crippen molar-refractivity contribution in [2.24, 2.45) is 0 Å². The fourth-order valence-electron chi connectivity index (χ4n) is 2.17. The maximum atomic E-state index is 4.23. The highest BCUT2D eigenvalue weighted by Crippen LogP contribution is 2.32. The van der Waals surface area contributed by atoms with Crippen molar-refractivity contribution in [2.75, 3.05) is 0 Å². The number of nitrogens with one attached hydrogen (secondary N) is 1. The van der Waals surface area contributed by atoms with E-state index >= 15 is 0 Å². The van der Waals surface area contributed by atoms with Gasteiger partial charge in [-0.1, -0.05) is 12.1 Å². The van der Waals surface area contributed by atoms with E-state index in [2.05, 4.69) is 46.4 Å². The van der Waals surface area contributed by atoms with Gasteiger partial charge in [0.05, 0.1) is 11.1 Å². The predicted molar refractivity (Wildman–Crippen MR) is 80.6 cm³/mol. The van der Waals surface area contributed by atoms with Gasteiger partial charge in [0, 0.05) is 17.3 Å². The summed E-state index contributed by atoms with van der Waals surface area (Å²) in [7, 11) is 1.98. The van der Waals surface area contributed by atoms with E-state index in [0.29, 0.717) is 0 Å². The molecule has 0 fully saturated rings. The Bertz CT molecular complexity index is 718. The molecule has 0 saturated heterocycles. The molecule has 0 radical (unpaired) electrons. The number of aromatic nitrogens is 4. The van der Waals surface area contributed by atoms with Crippen molar-refractivity contribution >= 4 is 24.1 Å². The third kappa shape index (κ3) is 2.08. The van der Waals surface area contributed by atoms with Crippen LogP contribution in [0.5, 0.6) is 0 Å². The summed E-state index contributed by atoms with van der Waals surface area (Å²) in [5.41, 5.74) is 5.98. The van der Waals surface area contributed by atoms with Gasteiger partial charge in [-0.25, -0.2) is 0 Å². The van der Waals surface area contributed by atoms with Crippen LogP contribution < -0.4 is 4.91 Å². The molecule has 6 heteroatoms. The van der Waals surface area contributed by atoms with Crippen molar-refractivity contribution < 1.29 is 0 Å². The Kier molecular flexibility index (Phi) is 2.95. The third-order valence-corrected chi connectivity index (χ3v) is 4.22. The van der Waals surface area contributed by atoms with E-state index in [0.717, 1.165) is 21.0 Å². The lowest BCUT2D eigenvalue weighted by Crippen LogP contribution is -1.97. The molecule has 0 unspecified atom stereocenters. The molecule has 2 heterocycles. The van der Waals surface area contributed by atoms with Crippen LogP contribution in [0.25, 0.3) is 21.7 Å². The van der Waals surface area contributed by atoms with Crippen molar-refractivity contribution in [2.45, 2.75) is 13.8 Å². The highest BCUT2D eigenvalue weighted by molar-refractivity contribution is 7.22. The molecule has 0 atom stereocenters. The van der Waals surface area contributed by atoms with Crippen molar-refractivity contribution in [3.05, 3.63) is 35.7 Å². The van der Waals surface area contributed by atoms with Crippen LogP contribution in [0.4, 0.5) is 0 Å². The van der Waals surface area contributed by atoms with Crippen LogP contribution >= 0.6 is 11.3 Å². The molecule has 1 N–H and O–H groups in total. The highest BCUT2D eigenvalue weighted by Gasteiger charge is 2.12. The third-order valence-electron chi connectivity index (χ3n) is 3.35. The molecular formula is C13H13BN4S. The lowest BCUT2D eigenvalue weighted by molar-refractivity contribution is 1.09. The monoisotopic (exact) mass is 268 g/mol. The van der Waals surface area contributed by atoms with Gasteiger partial charge in [-0.2, -0.15) is 10.2 Å². The summed E-state index contributed by atoms with van der Waals surface area (Å²) in [6.45, 7) is 4.26. The minimum Gasteiger partial charge on any atom is -0.285 e. The van der Waals surface area contributed by atoms with Crippen LogP contribution in [-0.4, -0.2) is 28.2 Å². The molecule has 2 aromatic heterocycles. The van der Waals surface area contributed by atoms with Crippen LogP contribution in [0.2, 0.25) is 0 Å². The molecule has 1 aromatic carbocycles. The van der Waals surface area contributed by atoms with E-state index in [1.807, 2.05) is 20.2 Å². The van der Waals surface area contributed by atoms with E-state index in [4.69, 9.17) is 0 Å². The SMILES string of the molecule is Bc1nnc(-c2ccc(-c3cn[nH]c3)c(C)c2C)s1. The summed E-state index contributed by atoms with van der Waals surface area (Å²) >= 11 is 1.63. The number of nitrogens with zero attached hydrogens (tertiary/aromatic N) is 3. The van der Waals surface area contributed by atoms with Gasteiger partial charge in [0.2, 0.25) is 0 Å². The Balaban J connectivity index is 2.13. The molecule has 94 valence electrons. The first-order chi connectivity index (χ1) is 9.16. The molecule has 0 aliphatic carbocycles. The van der Waals surface area contributed by atoms with Gasteiger partial charge in [-0.05, 0) is 30.5 Å². The van der Waals surface area contributed by atoms with Gasteiger partial charge < -0.3 is 0 Å². The summed E-state index contributed by atoms with van der Waals surface area (Å²) in [6, 6.07) is 4.24. The zero-order valence-electron chi connectivity index (χ0n) is 11.1. The minimum absolute atomic E-state index is 0.983. The largest absolute Gasteiger partial charge is 0.285 e. The Labute approximate surface area is 116 Å². The van der Waals surface area contributed by atoms with Crippen molar-refractivity contribution in [3.63, 3.8) is 0 Å². The summed E-state index contributed by atoms with van der Waals surface area (Å²) in [5, 5.41) is 16.2. The Morgan fingerprint density at radius 3 is 2.47 bits per heavy atom. The van der Waals surface area contributed by atoms with Gasteiger partial charge in [-0.3, -0.25) is 5.10 Å². The quantitative estimate of drug-likeness (QED) is 0.716. The first kappa shape index (κ1) is 12.1. The number of benzene rings is 1. The molecule has 0 aliphatic heterocycles. The number of rotatable bonds is 2. The smallest absolute Gasteiger partial charge is 0.180 e. The molecule has 3 aromatic rings. The van der Waals surface area contributed by atoms with Gasteiger partial charge in [0.15, 0.2) is 7.85 Å². The van der Waals surface area contributed by atoms with Crippen LogP contribution in [0.3, 0.4) is 0 Å². The van der Waals surface area contributed by atoms with Gasteiger partial charge >= 0.3 is 0 Å². The first-order valence-corrected chi connectivity index (χ1v) is 6.88. The van der Waals surface area contributed by atoms with E-state index in [-0.39, 0.29) is 0 Å². The van der Waals surface area contributed by atoms with Crippen LogP contribution in [0.1, 0.15) is 11.1 Å². The molecule has 3 rings (SSSR count). The van der Waals surface area contributed by atoms with E-state index in [1.54, 1.807) is 11.3 Å². The average Bonchev–Trinajstić information content (AvgIpc) is 3.04. The Hall–Kier alpha value is -1.95. The fourth-order valence-corrected chi connectivity index (χ4v) is 2.94. The van der Waals surface area contributed by atoms with Crippen molar-refractivity contribution in [3.8, 4) is 21.7 Å². The Morgan fingerprint density at radius 1 is 1.11 bits per heavy atom. The van der Waals surface area contributed by atoms with Crippen LogP contribution in [-0.2, 0) is 0 Å². The molecule has 0 saturated carbocycles. The summed E-state index contributed by atoms with van der Waals surface area (Å²) in [4.78, 5) is 0.992. The first-order valence-electron chi connectivity index (χ1n) is 6.06. The molecule has 0 aliphatic rings. The zero-order chi connectivity index (χ0) is 13.4. The van der Waals surface area contributed by atoms with Gasteiger partial charge in [0.25, 0.3) is 0 Å². The minimum atomic E-state index is 0.983. The van der Waals surface area contributed by atoms with Gasteiger partial charge in [0.1, 0.15) is 5.01 Å². The second-order valence-electron chi connectivity index (χ2n) is 4.52. The Morgan fingerprint density at radius 2 is 1.84 bits per heavy atom. The molecule has 19 heavy (non-hydrogen) atoms. The highest BCUT2D eigenvalue weighted by atomic mass is 32.1. The fraction of sp³-hybridized carbons (Fsp3) is 0.154. The maximum absolute atomic E-state index is 4.23. The second kappa shape index (κ2) is 4.62. The number of H-pyrrole nitrogens is 1. The summed E-state index contributed by atoms with van der Waals surface area (Å²) in [5.74, 6) is 0. The summed E-state index contributed by atoms with van der Waals surface area (Å²) < 4.78 is 0. The summed E-state index contributed by atoms with van der Waals surface area (Å²) in [6.07, 6.45) is 3.76. The maximum Gasteiger partial charge on any atom is 0.180 e. The topological polar surface area (TPSA) is 54.5 Å². The molecule has 4 nitrogen and oxygen atoms in total. The van der Waals surface area contributed by atoms with Crippen LogP contribution in [0, 0.1) is 13.8 Å². The van der Waals surface area contributed by atoms with Crippen molar-refractivity contribution in [1.82, 2.24) is 20.4 Å². The number of hydrogen-bond donors (Lipinski definition) is 1. The van der Waals surface area contributed by atoms with E-state index in [1.165, 1.54) is 16.7 Å². The van der Waals surface area contributed by atoms with Gasteiger partial charge in [-0.15, -0.1) is 16.4 Å². The second-order valence-corrected chi connectivity index (χ2v) is 5.71. The van der Waals surface area contributed by atoms with Crippen LogP contribution in [0.15, 0.2) is 24.5 Å². The molecule has 0 bridgehead atoms. The lowest BCUT2D eigenvalue weighted by Gasteiger charge is -2.10. The standard InChI is InChI=1S/C13H13BN4S/c1-7-8(2)11(12-17-18-13(14)19-12)4-3-10(7)9-5-15-16-6-9/h3-6H,14H2,1-2H3,(H,15,16). The number of aromatic amines is 1.